The summed E-state index contributed by atoms with van der Waals surface area (Å²) in [6.45, 7) is 41.7. The first-order valence-electron chi connectivity index (χ1n) is 24.9. The summed E-state index contributed by atoms with van der Waals surface area (Å²) in [7, 11) is 0. The highest BCUT2D eigenvalue weighted by atomic mass is 15.2. The van der Waals surface area contributed by atoms with Gasteiger partial charge in [-0.2, -0.15) is 0 Å². The zero-order valence-electron chi connectivity index (χ0n) is 44.5. The molecular formula is C64H74BN3. The molecule has 7 aromatic carbocycles. The number of anilines is 9. The summed E-state index contributed by atoms with van der Waals surface area (Å²) in [6, 6.07) is 48.1. The number of rotatable bonds is 5. The maximum Gasteiger partial charge on any atom is 0.252 e. The normalized spacial score (nSPS) is 13.6. The maximum atomic E-state index is 2.60. The molecule has 0 N–H and O–H groups in total. The van der Waals surface area contributed by atoms with Crippen LogP contribution in [-0.2, 0) is 21.7 Å². The van der Waals surface area contributed by atoms with Crippen molar-refractivity contribution in [1.29, 1.82) is 0 Å². The van der Waals surface area contributed by atoms with E-state index in [1.807, 2.05) is 0 Å². The highest BCUT2D eigenvalue weighted by Gasteiger charge is 2.44. The van der Waals surface area contributed by atoms with Crippen molar-refractivity contribution in [3.05, 3.63) is 177 Å². The Morgan fingerprint density at radius 1 is 0.338 bits per heavy atom. The van der Waals surface area contributed by atoms with E-state index in [0.717, 1.165) is 17.1 Å². The first-order valence-corrected chi connectivity index (χ1v) is 24.9. The molecule has 2 heterocycles. The molecule has 0 aromatic heterocycles. The zero-order chi connectivity index (χ0) is 49.2. The highest BCUT2D eigenvalue weighted by molar-refractivity contribution is 7.00. The van der Waals surface area contributed by atoms with Gasteiger partial charge in [0.2, 0.25) is 0 Å². The topological polar surface area (TPSA) is 9.72 Å². The molecule has 348 valence electrons. The molecule has 0 bridgehead atoms. The van der Waals surface area contributed by atoms with Crippen molar-refractivity contribution in [2.45, 2.75) is 146 Å². The average molecular weight is 896 g/mol. The summed E-state index contributed by atoms with van der Waals surface area (Å²) in [4.78, 5) is 7.76. The second-order valence-electron chi connectivity index (χ2n) is 24.5. The second kappa shape index (κ2) is 16.3. The van der Waals surface area contributed by atoms with Gasteiger partial charge in [-0.05, 0) is 197 Å². The number of aryl methyl sites for hydroxylation is 6. The number of hydrogen-bond donors (Lipinski definition) is 0. The third-order valence-electron chi connectivity index (χ3n) is 14.9. The third-order valence-corrected chi connectivity index (χ3v) is 14.9. The highest BCUT2D eigenvalue weighted by Crippen LogP contribution is 2.50. The second-order valence-corrected chi connectivity index (χ2v) is 24.5. The minimum absolute atomic E-state index is 0.0166. The summed E-state index contributed by atoms with van der Waals surface area (Å²) in [5, 5.41) is 0. The molecule has 0 spiro atoms. The Labute approximate surface area is 410 Å². The average Bonchev–Trinajstić information content (AvgIpc) is 3.24. The van der Waals surface area contributed by atoms with Crippen molar-refractivity contribution in [2.24, 2.45) is 0 Å². The minimum Gasteiger partial charge on any atom is -0.311 e. The Morgan fingerprint density at radius 3 is 0.941 bits per heavy atom. The quantitative estimate of drug-likeness (QED) is 0.159. The third kappa shape index (κ3) is 8.37. The smallest absolute Gasteiger partial charge is 0.252 e. The maximum absolute atomic E-state index is 2.60. The molecule has 0 saturated heterocycles. The van der Waals surface area contributed by atoms with Gasteiger partial charge in [0.15, 0.2) is 0 Å². The van der Waals surface area contributed by atoms with Crippen LogP contribution in [0.1, 0.15) is 139 Å². The van der Waals surface area contributed by atoms with Crippen LogP contribution in [0, 0.1) is 41.5 Å². The monoisotopic (exact) mass is 896 g/mol. The molecule has 3 nitrogen and oxygen atoms in total. The molecule has 2 aliphatic heterocycles. The first kappa shape index (κ1) is 47.1. The lowest BCUT2D eigenvalue weighted by atomic mass is 9.33. The van der Waals surface area contributed by atoms with Crippen LogP contribution in [0.5, 0.6) is 0 Å². The van der Waals surface area contributed by atoms with E-state index < -0.39 is 0 Å². The van der Waals surface area contributed by atoms with E-state index >= 15 is 0 Å². The SMILES string of the molecule is Cc1ccc(N2c3cc(C)c(C)cc3B3c4cc(C)c(C)cc4N(c4ccc(C)cc4)c4cc(N(c5cc(C(C)(C)C)cc(C(C)(C)C)c5)c5cc(C(C)(C)C)cc(C(C)(C)C)c5)cc2c43)cc1. The molecule has 9 rings (SSSR count). The predicted octanol–water partition coefficient (Wildman–Crippen LogP) is 16.3. The molecule has 68 heavy (non-hydrogen) atoms. The van der Waals surface area contributed by atoms with Crippen molar-refractivity contribution in [2.75, 3.05) is 14.7 Å². The van der Waals surface area contributed by atoms with Crippen LogP contribution in [-0.4, -0.2) is 6.71 Å². The molecule has 7 aromatic rings. The molecule has 4 heteroatoms. The lowest BCUT2D eigenvalue weighted by Gasteiger charge is -2.45. The van der Waals surface area contributed by atoms with Crippen LogP contribution < -0.4 is 31.1 Å². The van der Waals surface area contributed by atoms with Gasteiger partial charge in [0.25, 0.3) is 6.71 Å². The van der Waals surface area contributed by atoms with E-state index in [-0.39, 0.29) is 28.4 Å². The summed E-state index contributed by atoms with van der Waals surface area (Å²) in [6.07, 6.45) is 0. The molecule has 0 fully saturated rings. The minimum atomic E-state index is -0.0789. The summed E-state index contributed by atoms with van der Waals surface area (Å²) < 4.78 is 0. The number of nitrogens with zero attached hydrogens (tertiary/aromatic N) is 3. The van der Waals surface area contributed by atoms with E-state index in [9.17, 15) is 0 Å². The van der Waals surface area contributed by atoms with Crippen LogP contribution in [0.15, 0.2) is 121 Å². The van der Waals surface area contributed by atoms with Crippen LogP contribution in [0.3, 0.4) is 0 Å². The van der Waals surface area contributed by atoms with E-state index in [2.05, 4.69) is 261 Å². The Morgan fingerprint density at radius 2 is 0.632 bits per heavy atom. The van der Waals surface area contributed by atoms with Crippen LogP contribution in [0.2, 0.25) is 0 Å². The molecule has 0 aliphatic carbocycles. The Bertz CT molecular complexity index is 2840. The molecule has 0 unspecified atom stereocenters. The van der Waals surface area contributed by atoms with E-state index in [4.69, 9.17) is 0 Å². The van der Waals surface area contributed by atoms with Gasteiger partial charge in [-0.1, -0.05) is 143 Å². The molecular weight excluding hydrogens is 822 g/mol. The number of hydrogen-bond acceptors (Lipinski definition) is 3. The zero-order valence-corrected chi connectivity index (χ0v) is 44.5. The summed E-state index contributed by atoms with van der Waals surface area (Å²) in [5.74, 6) is 0. The largest absolute Gasteiger partial charge is 0.311 e. The van der Waals surface area contributed by atoms with Crippen molar-refractivity contribution in [3.63, 3.8) is 0 Å². The Kier molecular flexibility index (Phi) is 11.3. The fraction of sp³-hybridized carbons (Fsp3) is 0.344. The van der Waals surface area contributed by atoms with Gasteiger partial charge in [0.05, 0.1) is 5.69 Å². The fourth-order valence-electron chi connectivity index (χ4n) is 10.2. The van der Waals surface area contributed by atoms with Crippen molar-refractivity contribution >= 4 is 74.3 Å². The molecule has 0 atom stereocenters. The lowest BCUT2D eigenvalue weighted by molar-refractivity contribution is 0.568. The van der Waals surface area contributed by atoms with Gasteiger partial charge < -0.3 is 14.7 Å². The summed E-state index contributed by atoms with van der Waals surface area (Å²) in [5.41, 5.74) is 27.4. The number of benzene rings is 7. The van der Waals surface area contributed by atoms with Gasteiger partial charge in [-0.15, -0.1) is 0 Å². The Balaban J connectivity index is 1.49. The van der Waals surface area contributed by atoms with Gasteiger partial charge >= 0.3 is 0 Å². The molecule has 0 amide bonds. The molecule has 2 aliphatic rings. The van der Waals surface area contributed by atoms with Crippen molar-refractivity contribution in [3.8, 4) is 0 Å². The molecule has 0 radical (unpaired) electrons. The van der Waals surface area contributed by atoms with Crippen molar-refractivity contribution < 1.29 is 0 Å². The number of fused-ring (bicyclic) bond motifs is 4. The molecule has 0 saturated carbocycles. The van der Waals surface area contributed by atoms with Crippen LogP contribution >= 0.6 is 0 Å². The lowest BCUT2D eigenvalue weighted by Crippen LogP contribution is -2.61. The predicted molar refractivity (Wildman–Crippen MR) is 298 cm³/mol. The van der Waals surface area contributed by atoms with E-state index in [1.54, 1.807) is 0 Å². The fourth-order valence-corrected chi connectivity index (χ4v) is 10.2. The van der Waals surface area contributed by atoms with Gasteiger partial charge in [0.1, 0.15) is 0 Å². The van der Waals surface area contributed by atoms with Gasteiger partial charge in [0, 0.05) is 45.5 Å². The standard InChI is InChI=1S/C64H74BN3/c1-39-19-23-49(24-20-39)67-56-29-43(5)41(3)27-54(56)65-55-28-42(4)44(6)30-57(55)68(50-25-21-40(2)22-26-50)59-38-53(37-58(67)60(59)65)66(51-33-45(61(7,8)9)31-46(34-51)62(10,11)12)52-35-47(63(13,14)15)32-48(36-52)64(16,17)18/h19-38H,1-18H3. The Hall–Kier alpha value is -6.00. The summed E-state index contributed by atoms with van der Waals surface area (Å²) >= 11 is 0. The van der Waals surface area contributed by atoms with Crippen LogP contribution in [0.25, 0.3) is 0 Å². The first-order chi connectivity index (χ1) is 31.7. The van der Waals surface area contributed by atoms with Gasteiger partial charge in [-0.3, -0.25) is 0 Å². The van der Waals surface area contributed by atoms with Crippen molar-refractivity contribution in [1.82, 2.24) is 0 Å². The van der Waals surface area contributed by atoms with Gasteiger partial charge in [-0.25, -0.2) is 0 Å². The van der Waals surface area contributed by atoms with E-state index in [0.29, 0.717) is 0 Å². The van der Waals surface area contributed by atoms with E-state index in [1.165, 1.54) is 106 Å². The van der Waals surface area contributed by atoms with Crippen LogP contribution in [0.4, 0.5) is 51.2 Å².